The van der Waals surface area contributed by atoms with Crippen LogP contribution in [0, 0.1) is 13.8 Å². The van der Waals surface area contributed by atoms with Crippen molar-refractivity contribution in [3.63, 3.8) is 0 Å². The van der Waals surface area contributed by atoms with Gasteiger partial charge in [-0.05, 0) is 37.6 Å². The Morgan fingerprint density at radius 1 is 1.35 bits per heavy atom. The minimum absolute atomic E-state index is 0.131. The van der Waals surface area contributed by atoms with Crippen molar-refractivity contribution < 1.29 is 14.3 Å². The van der Waals surface area contributed by atoms with Crippen LogP contribution in [-0.2, 0) is 0 Å². The molecule has 0 fully saturated rings. The highest BCUT2D eigenvalue weighted by atomic mass is 16.3. The van der Waals surface area contributed by atoms with Crippen molar-refractivity contribution in [1.29, 1.82) is 0 Å². The van der Waals surface area contributed by atoms with Gasteiger partial charge < -0.3 is 20.6 Å². The summed E-state index contributed by atoms with van der Waals surface area (Å²) in [5.74, 6) is 1.00. The second kappa shape index (κ2) is 5.79. The van der Waals surface area contributed by atoms with Gasteiger partial charge in [0.05, 0.1) is 11.7 Å². The average Bonchev–Trinajstić information content (AvgIpc) is 2.75. The number of nitrogens with one attached hydrogen (secondary N) is 1. The monoisotopic (exact) mass is 274 g/mol. The Bertz CT molecular complexity index is 602. The van der Waals surface area contributed by atoms with Crippen molar-refractivity contribution in [3.05, 3.63) is 53.0 Å². The van der Waals surface area contributed by atoms with Crippen molar-refractivity contribution >= 4 is 11.6 Å². The number of nitrogens with two attached hydrogens (primary N) is 1. The predicted octanol–water partition coefficient (Wildman–Crippen LogP) is 1.94. The van der Waals surface area contributed by atoms with E-state index in [1.54, 1.807) is 44.2 Å². The lowest BCUT2D eigenvalue weighted by molar-refractivity contribution is 0.0915. The summed E-state index contributed by atoms with van der Waals surface area (Å²) in [4.78, 5) is 12.0. The molecule has 5 heteroatoms. The fraction of sp³-hybridized carbons (Fsp3) is 0.267. The second-order valence-electron chi connectivity index (χ2n) is 4.72. The van der Waals surface area contributed by atoms with Crippen LogP contribution in [0.25, 0.3) is 0 Å². The first-order valence-electron chi connectivity index (χ1n) is 6.36. The van der Waals surface area contributed by atoms with Gasteiger partial charge in [-0.2, -0.15) is 0 Å². The molecule has 1 heterocycles. The summed E-state index contributed by atoms with van der Waals surface area (Å²) in [6.45, 7) is 3.65. The maximum absolute atomic E-state index is 12.0. The topological polar surface area (TPSA) is 88.5 Å². The standard InChI is InChI=1S/C15H18N2O3/c1-9-7-13(10(2)20-9)15(19)17-8-14(18)11-3-5-12(16)6-4-11/h3-7,14,18H,8,16H2,1-2H3,(H,17,19). The molecule has 2 rings (SSSR count). The molecule has 1 unspecified atom stereocenters. The number of nitrogen functional groups attached to an aromatic ring is 1. The molecule has 0 bridgehead atoms. The van der Waals surface area contributed by atoms with E-state index in [-0.39, 0.29) is 12.5 Å². The molecule has 4 N–H and O–H groups in total. The maximum Gasteiger partial charge on any atom is 0.254 e. The molecule has 0 spiro atoms. The molecule has 0 saturated heterocycles. The number of aryl methyl sites for hydroxylation is 2. The van der Waals surface area contributed by atoms with E-state index in [0.29, 0.717) is 28.3 Å². The van der Waals surface area contributed by atoms with Gasteiger partial charge in [0.1, 0.15) is 11.5 Å². The molecule has 0 aliphatic carbocycles. The number of hydrogen-bond donors (Lipinski definition) is 3. The van der Waals surface area contributed by atoms with E-state index in [1.165, 1.54) is 0 Å². The minimum Gasteiger partial charge on any atom is -0.466 e. The maximum atomic E-state index is 12.0. The second-order valence-corrected chi connectivity index (χ2v) is 4.72. The molecule has 1 aromatic carbocycles. The zero-order valence-electron chi connectivity index (χ0n) is 11.5. The summed E-state index contributed by atoms with van der Waals surface area (Å²) < 4.78 is 5.30. The number of carbonyl (C=O) groups is 1. The number of carbonyl (C=O) groups excluding carboxylic acids is 1. The van der Waals surface area contributed by atoms with Gasteiger partial charge in [-0.3, -0.25) is 4.79 Å². The van der Waals surface area contributed by atoms with E-state index in [9.17, 15) is 9.90 Å². The fourth-order valence-corrected chi connectivity index (χ4v) is 1.98. The van der Waals surface area contributed by atoms with Gasteiger partial charge in [0.25, 0.3) is 5.91 Å². The summed E-state index contributed by atoms with van der Waals surface area (Å²) in [6, 6.07) is 8.58. The summed E-state index contributed by atoms with van der Waals surface area (Å²) in [7, 11) is 0. The van der Waals surface area contributed by atoms with Crippen molar-refractivity contribution in [3.8, 4) is 0 Å². The van der Waals surface area contributed by atoms with Crippen LogP contribution in [0.15, 0.2) is 34.7 Å². The van der Waals surface area contributed by atoms with E-state index >= 15 is 0 Å². The highest BCUT2D eigenvalue weighted by Crippen LogP contribution is 2.16. The van der Waals surface area contributed by atoms with Crippen LogP contribution in [0.1, 0.15) is 33.5 Å². The highest BCUT2D eigenvalue weighted by Gasteiger charge is 2.15. The van der Waals surface area contributed by atoms with Crippen LogP contribution in [-0.4, -0.2) is 17.6 Å². The predicted molar refractivity (Wildman–Crippen MR) is 76.3 cm³/mol. The summed E-state index contributed by atoms with van der Waals surface area (Å²) in [5, 5.41) is 12.7. The van der Waals surface area contributed by atoms with Crippen LogP contribution in [0.5, 0.6) is 0 Å². The first-order chi connectivity index (χ1) is 9.47. The number of anilines is 1. The van der Waals surface area contributed by atoms with Gasteiger partial charge in [-0.25, -0.2) is 0 Å². The molecule has 1 aromatic heterocycles. The van der Waals surface area contributed by atoms with Crippen LogP contribution in [0.2, 0.25) is 0 Å². The molecule has 0 saturated carbocycles. The van der Waals surface area contributed by atoms with Crippen molar-refractivity contribution in [2.24, 2.45) is 0 Å². The zero-order chi connectivity index (χ0) is 14.7. The Balaban J connectivity index is 1.96. The first-order valence-corrected chi connectivity index (χ1v) is 6.36. The highest BCUT2D eigenvalue weighted by molar-refractivity contribution is 5.95. The number of aliphatic hydroxyl groups excluding tert-OH is 1. The Kier molecular flexibility index (Phi) is 4.10. The van der Waals surface area contributed by atoms with Crippen molar-refractivity contribution in [2.45, 2.75) is 20.0 Å². The Labute approximate surface area is 117 Å². The fourth-order valence-electron chi connectivity index (χ4n) is 1.98. The summed E-state index contributed by atoms with van der Waals surface area (Å²) in [6.07, 6.45) is -0.771. The molecule has 0 aliphatic heterocycles. The third-order valence-electron chi connectivity index (χ3n) is 3.06. The average molecular weight is 274 g/mol. The van der Waals surface area contributed by atoms with Crippen LogP contribution in [0.4, 0.5) is 5.69 Å². The van der Waals surface area contributed by atoms with Crippen LogP contribution >= 0.6 is 0 Å². The minimum atomic E-state index is -0.771. The Morgan fingerprint density at radius 3 is 2.55 bits per heavy atom. The molecule has 5 nitrogen and oxygen atoms in total. The van der Waals surface area contributed by atoms with Gasteiger partial charge >= 0.3 is 0 Å². The van der Waals surface area contributed by atoms with E-state index in [4.69, 9.17) is 10.2 Å². The number of hydrogen-bond acceptors (Lipinski definition) is 4. The van der Waals surface area contributed by atoms with E-state index in [1.807, 2.05) is 0 Å². The lowest BCUT2D eigenvalue weighted by atomic mass is 10.1. The molecule has 2 aromatic rings. The van der Waals surface area contributed by atoms with Crippen LogP contribution < -0.4 is 11.1 Å². The lowest BCUT2D eigenvalue weighted by Gasteiger charge is -2.12. The van der Waals surface area contributed by atoms with Gasteiger partial charge in [0.2, 0.25) is 0 Å². The molecule has 20 heavy (non-hydrogen) atoms. The van der Waals surface area contributed by atoms with Gasteiger partial charge in [-0.15, -0.1) is 0 Å². The number of rotatable bonds is 4. The lowest BCUT2D eigenvalue weighted by Crippen LogP contribution is -2.28. The SMILES string of the molecule is Cc1cc(C(=O)NCC(O)c2ccc(N)cc2)c(C)o1. The Morgan fingerprint density at radius 2 is 2.00 bits per heavy atom. The van der Waals surface area contributed by atoms with Gasteiger partial charge in [0, 0.05) is 12.2 Å². The number of benzene rings is 1. The number of furan rings is 1. The molecular formula is C15H18N2O3. The third kappa shape index (κ3) is 3.19. The Hall–Kier alpha value is -2.27. The van der Waals surface area contributed by atoms with E-state index in [0.717, 1.165) is 0 Å². The zero-order valence-corrected chi connectivity index (χ0v) is 11.5. The summed E-state index contributed by atoms with van der Waals surface area (Å²) in [5.41, 5.74) is 7.42. The molecule has 0 aliphatic rings. The van der Waals surface area contributed by atoms with Crippen molar-refractivity contribution in [2.75, 3.05) is 12.3 Å². The molecule has 106 valence electrons. The van der Waals surface area contributed by atoms with E-state index in [2.05, 4.69) is 5.32 Å². The van der Waals surface area contributed by atoms with E-state index < -0.39 is 6.10 Å². The molecular weight excluding hydrogens is 256 g/mol. The van der Waals surface area contributed by atoms with Gasteiger partial charge in [-0.1, -0.05) is 12.1 Å². The molecule has 1 atom stereocenters. The third-order valence-corrected chi connectivity index (χ3v) is 3.06. The smallest absolute Gasteiger partial charge is 0.254 e. The normalized spacial score (nSPS) is 12.2. The summed E-state index contributed by atoms with van der Waals surface area (Å²) >= 11 is 0. The number of amides is 1. The quantitative estimate of drug-likeness (QED) is 0.743. The first kappa shape index (κ1) is 14.1. The number of aliphatic hydroxyl groups is 1. The largest absolute Gasteiger partial charge is 0.466 e. The van der Waals surface area contributed by atoms with Crippen LogP contribution in [0.3, 0.4) is 0 Å². The van der Waals surface area contributed by atoms with Gasteiger partial charge in [0.15, 0.2) is 0 Å². The molecule has 1 amide bonds. The van der Waals surface area contributed by atoms with Crippen molar-refractivity contribution in [1.82, 2.24) is 5.32 Å². The molecule has 0 radical (unpaired) electrons.